The number of hydrogen-bond acceptors (Lipinski definition) is 4. The molecule has 0 aliphatic carbocycles. The lowest BCUT2D eigenvalue weighted by molar-refractivity contribution is 0.0954. The summed E-state index contributed by atoms with van der Waals surface area (Å²) < 4.78 is 11.1. The third-order valence-electron chi connectivity index (χ3n) is 4.56. The summed E-state index contributed by atoms with van der Waals surface area (Å²) >= 11 is 0. The Bertz CT molecular complexity index is 739. The van der Waals surface area contributed by atoms with Crippen LogP contribution in [0.1, 0.15) is 29.8 Å². The van der Waals surface area contributed by atoms with Crippen molar-refractivity contribution in [1.82, 2.24) is 5.32 Å². The van der Waals surface area contributed by atoms with E-state index >= 15 is 0 Å². The fourth-order valence-corrected chi connectivity index (χ4v) is 3.08. The summed E-state index contributed by atoms with van der Waals surface area (Å²) in [5.74, 6) is 1.53. The Hall–Kier alpha value is -2.69. The first kappa shape index (κ1) is 18.1. The van der Waals surface area contributed by atoms with Crippen LogP contribution < -0.4 is 19.7 Å². The molecule has 0 saturated heterocycles. The van der Waals surface area contributed by atoms with Crippen LogP contribution in [-0.2, 0) is 6.42 Å². The van der Waals surface area contributed by atoms with Gasteiger partial charge in [-0.05, 0) is 62.2 Å². The minimum absolute atomic E-state index is 0.0476. The maximum absolute atomic E-state index is 12.3. The van der Waals surface area contributed by atoms with Gasteiger partial charge in [0.2, 0.25) is 0 Å². The maximum atomic E-state index is 12.3. The summed E-state index contributed by atoms with van der Waals surface area (Å²) in [7, 11) is 0. The summed E-state index contributed by atoms with van der Waals surface area (Å²) in [5, 5.41) is 2.98. The second-order valence-corrected chi connectivity index (χ2v) is 6.20. The van der Waals surface area contributed by atoms with E-state index in [-0.39, 0.29) is 5.91 Å². The first-order chi connectivity index (χ1) is 12.7. The largest absolute Gasteiger partial charge is 0.486 e. The van der Waals surface area contributed by atoms with Gasteiger partial charge >= 0.3 is 0 Å². The van der Waals surface area contributed by atoms with E-state index in [1.165, 1.54) is 0 Å². The Morgan fingerprint density at radius 1 is 1.00 bits per heavy atom. The van der Waals surface area contributed by atoms with Crippen LogP contribution >= 0.6 is 0 Å². The van der Waals surface area contributed by atoms with Crippen molar-refractivity contribution in [3.8, 4) is 11.5 Å². The van der Waals surface area contributed by atoms with Crippen LogP contribution in [0, 0.1) is 0 Å². The lowest BCUT2D eigenvalue weighted by atomic mass is 10.1. The fraction of sp³-hybridized carbons (Fsp3) is 0.381. The van der Waals surface area contributed by atoms with E-state index in [2.05, 4.69) is 24.1 Å². The molecule has 138 valence electrons. The van der Waals surface area contributed by atoms with Crippen LogP contribution in [0.3, 0.4) is 0 Å². The lowest BCUT2D eigenvalue weighted by Crippen LogP contribution is -2.26. The molecule has 0 saturated carbocycles. The topological polar surface area (TPSA) is 50.8 Å². The molecule has 26 heavy (non-hydrogen) atoms. The second kappa shape index (κ2) is 8.61. The fourth-order valence-electron chi connectivity index (χ4n) is 3.08. The number of amides is 1. The van der Waals surface area contributed by atoms with Crippen molar-refractivity contribution in [3.63, 3.8) is 0 Å². The van der Waals surface area contributed by atoms with Crippen LogP contribution in [0.2, 0.25) is 0 Å². The van der Waals surface area contributed by atoms with Crippen molar-refractivity contribution >= 4 is 11.6 Å². The van der Waals surface area contributed by atoms with Gasteiger partial charge in [0.15, 0.2) is 11.5 Å². The van der Waals surface area contributed by atoms with Crippen molar-refractivity contribution in [2.75, 3.05) is 37.7 Å². The SMILES string of the molecule is CCN(CC)c1ccc(C(=O)NCCc2ccc3c(c2)OCCO3)cc1. The molecule has 1 aliphatic rings. The molecule has 0 atom stereocenters. The number of anilines is 1. The van der Waals surface area contributed by atoms with Crippen molar-refractivity contribution in [3.05, 3.63) is 53.6 Å². The van der Waals surface area contributed by atoms with Gasteiger partial charge in [-0.3, -0.25) is 4.79 Å². The number of ether oxygens (including phenoxy) is 2. The highest BCUT2D eigenvalue weighted by Gasteiger charge is 2.12. The Morgan fingerprint density at radius 3 is 2.38 bits per heavy atom. The second-order valence-electron chi connectivity index (χ2n) is 6.20. The van der Waals surface area contributed by atoms with Crippen LogP contribution in [0.15, 0.2) is 42.5 Å². The van der Waals surface area contributed by atoms with Crippen molar-refractivity contribution in [1.29, 1.82) is 0 Å². The van der Waals surface area contributed by atoms with Gasteiger partial charge in [0.1, 0.15) is 13.2 Å². The monoisotopic (exact) mass is 354 g/mol. The Labute approximate surface area is 154 Å². The summed E-state index contributed by atoms with van der Waals surface area (Å²) in [6, 6.07) is 13.7. The molecule has 0 unspecified atom stereocenters. The van der Waals surface area contributed by atoms with Crippen LogP contribution in [-0.4, -0.2) is 38.8 Å². The van der Waals surface area contributed by atoms with Gasteiger partial charge in [-0.2, -0.15) is 0 Å². The van der Waals surface area contributed by atoms with Gasteiger partial charge in [0.25, 0.3) is 5.91 Å². The smallest absolute Gasteiger partial charge is 0.251 e. The highest BCUT2D eigenvalue weighted by Crippen LogP contribution is 2.30. The van der Waals surface area contributed by atoms with Gasteiger partial charge in [-0.1, -0.05) is 6.07 Å². The number of carbonyl (C=O) groups excluding carboxylic acids is 1. The normalized spacial score (nSPS) is 12.5. The number of hydrogen-bond donors (Lipinski definition) is 1. The average Bonchev–Trinajstić information content (AvgIpc) is 2.69. The molecule has 1 amide bonds. The first-order valence-corrected chi connectivity index (χ1v) is 9.23. The first-order valence-electron chi connectivity index (χ1n) is 9.23. The van der Waals surface area contributed by atoms with Gasteiger partial charge in [0.05, 0.1) is 0 Å². The molecular weight excluding hydrogens is 328 g/mol. The van der Waals surface area contributed by atoms with E-state index in [0.29, 0.717) is 25.3 Å². The molecule has 1 aliphatic heterocycles. The zero-order valence-electron chi connectivity index (χ0n) is 15.5. The molecule has 3 rings (SSSR count). The number of rotatable bonds is 7. The van der Waals surface area contributed by atoms with Gasteiger partial charge in [0, 0.05) is 30.9 Å². The van der Waals surface area contributed by atoms with Crippen molar-refractivity contribution < 1.29 is 14.3 Å². The molecule has 1 N–H and O–H groups in total. The molecule has 5 heteroatoms. The third-order valence-corrected chi connectivity index (χ3v) is 4.56. The standard InChI is InChI=1S/C21H26N2O3/c1-3-23(4-2)18-8-6-17(7-9-18)21(24)22-12-11-16-5-10-19-20(15-16)26-14-13-25-19/h5-10,15H,3-4,11-14H2,1-2H3,(H,22,24). The minimum atomic E-state index is -0.0476. The molecule has 2 aromatic carbocycles. The highest BCUT2D eigenvalue weighted by molar-refractivity contribution is 5.94. The van der Waals surface area contributed by atoms with E-state index in [4.69, 9.17) is 9.47 Å². The van der Waals surface area contributed by atoms with Crippen molar-refractivity contribution in [2.45, 2.75) is 20.3 Å². The third kappa shape index (κ3) is 4.28. The molecule has 0 fully saturated rings. The Morgan fingerprint density at radius 2 is 1.69 bits per heavy atom. The number of nitrogens with zero attached hydrogens (tertiary/aromatic N) is 1. The predicted molar refractivity (Wildman–Crippen MR) is 103 cm³/mol. The molecule has 2 aromatic rings. The molecule has 1 heterocycles. The van der Waals surface area contributed by atoms with Crippen molar-refractivity contribution in [2.24, 2.45) is 0 Å². The molecule has 0 bridgehead atoms. The van der Waals surface area contributed by atoms with Gasteiger partial charge in [-0.15, -0.1) is 0 Å². The van der Waals surface area contributed by atoms with Gasteiger partial charge in [-0.25, -0.2) is 0 Å². The van der Waals surface area contributed by atoms with E-state index in [1.54, 1.807) is 0 Å². The van der Waals surface area contributed by atoms with Crippen LogP contribution in [0.25, 0.3) is 0 Å². The van der Waals surface area contributed by atoms with E-state index in [9.17, 15) is 4.79 Å². The Kier molecular flexibility index (Phi) is 6.00. The lowest BCUT2D eigenvalue weighted by Gasteiger charge is -2.21. The number of fused-ring (bicyclic) bond motifs is 1. The van der Waals surface area contributed by atoms with E-state index < -0.39 is 0 Å². The van der Waals surface area contributed by atoms with E-state index in [0.717, 1.165) is 42.3 Å². The van der Waals surface area contributed by atoms with Crippen LogP contribution in [0.5, 0.6) is 11.5 Å². The number of nitrogens with one attached hydrogen (secondary N) is 1. The zero-order valence-corrected chi connectivity index (χ0v) is 15.5. The number of benzene rings is 2. The van der Waals surface area contributed by atoms with Gasteiger partial charge < -0.3 is 19.7 Å². The van der Waals surface area contributed by atoms with Crippen LogP contribution in [0.4, 0.5) is 5.69 Å². The predicted octanol–water partition coefficient (Wildman–Crippen LogP) is 3.28. The average molecular weight is 354 g/mol. The minimum Gasteiger partial charge on any atom is -0.486 e. The molecule has 0 radical (unpaired) electrons. The molecule has 0 aromatic heterocycles. The maximum Gasteiger partial charge on any atom is 0.251 e. The van der Waals surface area contributed by atoms with E-state index in [1.807, 2.05) is 42.5 Å². The molecule has 5 nitrogen and oxygen atoms in total. The molecular formula is C21H26N2O3. The quantitative estimate of drug-likeness (QED) is 0.829. The number of carbonyl (C=O) groups is 1. The summed E-state index contributed by atoms with van der Waals surface area (Å²) in [6.45, 7) is 7.92. The Balaban J connectivity index is 1.52. The molecule has 0 spiro atoms. The summed E-state index contributed by atoms with van der Waals surface area (Å²) in [4.78, 5) is 14.6. The summed E-state index contributed by atoms with van der Waals surface area (Å²) in [6.07, 6.45) is 0.750. The summed E-state index contributed by atoms with van der Waals surface area (Å²) in [5.41, 5.74) is 2.94. The zero-order chi connectivity index (χ0) is 18.4. The highest BCUT2D eigenvalue weighted by atomic mass is 16.6.